The number of rotatable bonds is 3. The summed E-state index contributed by atoms with van der Waals surface area (Å²) in [6.07, 6.45) is 0.799. The maximum absolute atomic E-state index is 12.1. The molecule has 0 spiro atoms. The van der Waals surface area contributed by atoms with Crippen molar-refractivity contribution in [3.63, 3.8) is 0 Å². The van der Waals surface area contributed by atoms with Crippen molar-refractivity contribution in [1.82, 2.24) is 9.80 Å². The molecule has 2 saturated heterocycles. The molecule has 2 aliphatic heterocycles. The third kappa shape index (κ3) is 4.29. The van der Waals surface area contributed by atoms with Gasteiger partial charge in [0.2, 0.25) is 0 Å². The van der Waals surface area contributed by atoms with Crippen LogP contribution in [-0.4, -0.2) is 75.8 Å². The Labute approximate surface area is 136 Å². The van der Waals surface area contributed by atoms with Crippen LogP contribution in [0.4, 0.5) is 4.79 Å². The molecule has 2 heterocycles. The summed E-state index contributed by atoms with van der Waals surface area (Å²) in [6.45, 7) is 8.18. The van der Waals surface area contributed by atoms with E-state index in [1.165, 1.54) is 0 Å². The van der Waals surface area contributed by atoms with Crippen molar-refractivity contribution in [3.05, 3.63) is 0 Å². The summed E-state index contributed by atoms with van der Waals surface area (Å²) < 4.78 is 5.37. The molecule has 1 N–H and O–H groups in total. The second-order valence-electron chi connectivity index (χ2n) is 7.08. The lowest BCUT2D eigenvalue weighted by atomic mass is 9.84. The number of ether oxygens (including phenoxy) is 1. The van der Waals surface area contributed by atoms with Gasteiger partial charge in [-0.25, -0.2) is 4.79 Å². The predicted octanol–water partition coefficient (Wildman–Crippen LogP) is 1.89. The van der Waals surface area contributed by atoms with Crippen molar-refractivity contribution in [1.29, 1.82) is 0 Å². The van der Waals surface area contributed by atoms with Crippen molar-refractivity contribution in [2.75, 3.05) is 37.7 Å². The van der Waals surface area contributed by atoms with Gasteiger partial charge >= 0.3 is 12.1 Å². The van der Waals surface area contributed by atoms with Crippen molar-refractivity contribution >= 4 is 23.8 Å². The number of carbonyl (C=O) groups excluding carboxylic acids is 1. The van der Waals surface area contributed by atoms with Gasteiger partial charge in [0.05, 0.1) is 12.0 Å². The molecular formula is C15H26N2O4S. The van der Waals surface area contributed by atoms with Gasteiger partial charge in [0.15, 0.2) is 0 Å². The van der Waals surface area contributed by atoms with E-state index in [2.05, 4.69) is 4.90 Å². The molecule has 0 aromatic rings. The second-order valence-corrected chi connectivity index (χ2v) is 8.31. The number of carbonyl (C=O) groups is 2. The van der Waals surface area contributed by atoms with E-state index in [0.717, 1.165) is 31.0 Å². The number of hydrogen-bond donors (Lipinski definition) is 1. The van der Waals surface area contributed by atoms with Gasteiger partial charge in [-0.2, -0.15) is 11.8 Å². The molecule has 2 rings (SSSR count). The highest BCUT2D eigenvalue weighted by molar-refractivity contribution is 7.99. The molecule has 0 bridgehead atoms. The molecule has 0 aromatic heterocycles. The van der Waals surface area contributed by atoms with Gasteiger partial charge in [-0.05, 0) is 39.5 Å². The first kappa shape index (κ1) is 17.4. The number of hydrogen-bond acceptors (Lipinski definition) is 5. The third-order valence-corrected chi connectivity index (χ3v) is 5.04. The first-order valence-electron chi connectivity index (χ1n) is 7.74. The van der Waals surface area contributed by atoms with E-state index in [9.17, 15) is 14.7 Å². The van der Waals surface area contributed by atoms with E-state index in [1.54, 1.807) is 4.90 Å². The minimum Gasteiger partial charge on any atom is -0.481 e. The molecule has 0 radical (unpaired) electrons. The van der Waals surface area contributed by atoms with E-state index in [4.69, 9.17) is 4.74 Å². The van der Waals surface area contributed by atoms with E-state index >= 15 is 0 Å². The molecule has 1 amide bonds. The average Bonchev–Trinajstić information content (AvgIpc) is 2.59. The summed E-state index contributed by atoms with van der Waals surface area (Å²) in [7, 11) is 0. The highest BCUT2D eigenvalue weighted by Crippen LogP contribution is 2.34. The van der Waals surface area contributed by atoms with E-state index in [0.29, 0.717) is 13.1 Å². The van der Waals surface area contributed by atoms with Gasteiger partial charge in [-0.3, -0.25) is 9.69 Å². The van der Waals surface area contributed by atoms with Gasteiger partial charge in [0.25, 0.3) is 0 Å². The standard InChI is InChI=1S/C15H26N2O4S/c1-14(2,3)21-13(20)16-10-15(11-16,9-12(18)19)17-5-4-7-22-8-6-17/h4-11H2,1-3H3,(H,18,19). The highest BCUT2D eigenvalue weighted by Gasteiger charge is 2.51. The Balaban J connectivity index is 2.01. The Morgan fingerprint density at radius 3 is 2.50 bits per heavy atom. The van der Waals surface area contributed by atoms with Crippen LogP contribution in [-0.2, 0) is 9.53 Å². The lowest BCUT2D eigenvalue weighted by molar-refractivity contribution is -0.145. The Hall–Kier alpha value is -0.950. The molecule has 0 saturated carbocycles. The van der Waals surface area contributed by atoms with Crippen LogP contribution in [0.2, 0.25) is 0 Å². The topological polar surface area (TPSA) is 70.1 Å². The molecule has 6 nitrogen and oxygen atoms in total. The molecular weight excluding hydrogens is 304 g/mol. The van der Waals surface area contributed by atoms with Crippen LogP contribution in [0.5, 0.6) is 0 Å². The predicted molar refractivity (Wildman–Crippen MR) is 86.3 cm³/mol. The first-order valence-corrected chi connectivity index (χ1v) is 8.90. The van der Waals surface area contributed by atoms with Crippen LogP contribution in [0.25, 0.3) is 0 Å². The Morgan fingerprint density at radius 2 is 1.91 bits per heavy atom. The van der Waals surface area contributed by atoms with Gasteiger partial charge in [0.1, 0.15) is 5.60 Å². The van der Waals surface area contributed by atoms with Crippen molar-refractivity contribution in [2.24, 2.45) is 0 Å². The highest BCUT2D eigenvalue weighted by atomic mass is 32.2. The third-order valence-electron chi connectivity index (χ3n) is 4.00. The fourth-order valence-corrected chi connectivity index (χ4v) is 3.93. The number of carboxylic acids is 1. The lowest BCUT2D eigenvalue weighted by Gasteiger charge is -2.54. The van der Waals surface area contributed by atoms with Crippen molar-refractivity contribution in [3.8, 4) is 0 Å². The Morgan fingerprint density at radius 1 is 1.23 bits per heavy atom. The van der Waals surface area contributed by atoms with Crippen molar-refractivity contribution < 1.29 is 19.4 Å². The zero-order chi connectivity index (χ0) is 16.4. The van der Waals surface area contributed by atoms with Crippen LogP contribution < -0.4 is 0 Å². The van der Waals surface area contributed by atoms with Gasteiger partial charge in [0, 0.05) is 25.4 Å². The summed E-state index contributed by atoms with van der Waals surface area (Å²) in [5, 5.41) is 9.26. The summed E-state index contributed by atoms with van der Waals surface area (Å²) in [4.78, 5) is 27.3. The number of amides is 1. The van der Waals surface area contributed by atoms with Crippen LogP contribution in [0.15, 0.2) is 0 Å². The molecule has 2 fully saturated rings. The molecule has 0 atom stereocenters. The SMILES string of the molecule is CC(C)(C)OC(=O)N1CC(CC(=O)O)(N2CCCSCC2)C1. The quantitative estimate of drug-likeness (QED) is 0.852. The Bertz CT molecular complexity index is 422. The van der Waals surface area contributed by atoms with Crippen molar-refractivity contribution in [2.45, 2.75) is 44.8 Å². The normalized spacial score (nSPS) is 22.6. The van der Waals surface area contributed by atoms with E-state index in [-0.39, 0.29) is 12.5 Å². The van der Waals surface area contributed by atoms with Crippen LogP contribution in [0, 0.1) is 0 Å². The maximum Gasteiger partial charge on any atom is 0.410 e. The van der Waals surface area contributed by atoms with Gasteiger partial charge < -0.3 is 14.7 Å². The monoisotopic (exact) mass is 330 g/mol. The number of likely N-dealkylation sites (tertiary alicyclic amines) is 1. The number of aliphatic carboxylic acids is 1. The molecule has 0 aromatic carbocycles. The molecule has 126 valence electrons. The summed E-state index contributed by atoms with van der Waals surface area (Å²) in [5.74, 6) is 1.34. The lowest BCUT2D eigenvalue weighted by Crippen LogP contribution is -2.72. The maximum atomic E-state index is 12.1. The number of nitrogens with zero attached hydrogens (tertiary/aromatic N) is 2. The average molecular weight is 330 g/mol. The molecule has 0 unspecified atom stereocenters. The minimum absolute atomic E-state index is 0.0803. The largest absolute Gasteiger partial charge is 0.481 e. The summed E-state index contributed by atoms with van der Waals surface area (Å²) in [6, 6.07) is 0. The second kappa shape index (κ2) is 6.66. The first-order chi connectivity index (χ1) is 10.2. The molecule has 0 aliphatic carbocycles. The minimum atomic E-state index is -0.805. The fraction of sp³-hybridized carbons (Fsp3) is 0.867. The number of thioether (sulfide) groups is 1. The Kier molecular flexibility index (Phi) is 5.27. The van der Waals surface area contributed by atoms with Crippen LogP contribution in [0.3, 0.4) is 0 Å². The number of carboxylic acid groups (broad SMARTS) is 1. The smallest absolute Gasteiger partial charge is 0.410 e. The van der Waals surface area contributed by atoms with Crippen LogP contribution in [0.1, 0.15) is 33.6 Å². The van der Waals surface area contributed by atoms with Crippen LogP contribution >= 0.6 is 11.8 Å². The molecule has 22 heavy (non-hydrogen) atoms. The fourth-order valence-electron chi connectivity index (χ4n) is 3.05. The zero-order valence-electron chi connectivity index (χ0n) is 13.6. The molecule has 2 aliphatic rings. The van der Waals surface area contributed by atoms with Gasteiger partial charge in [-0.15, -0.1) is 0 Å². The van der Waals surface area contributed by atoms with E-state index < -0.39 is 17.1 Å². The zero-order valence-corrected chi connectivity index (χ0v) is 14.4. The summed E-state index contributed by atoms with van der Waals surface area (Å²) >= 11 is 1.91. The van der Waals surface area contributed by atoms with Gasteiger partial charge in [-0.1, -0.05) is 0 Å². The summed E-state index contributed by atoms with van der Waals surface area (Å²) in [5.41, 5.74) is -0.949. The molecule has 7 heteroatoms. The van der Waals surface area contributed by atoms with E-state index in [1.807, 2.05) is 32.5 Å².